The highest BCUT2D eigenvalue weighted by Crippen LogP contribution is 2.19. The maximum atomic E-state index is 7.64. The van der Waals surface area contributed by atoms with E-state index in [0.717, 1.165) is 0 Å². The van der Waals surface area contributed by atoms with Crippen LogP contribution in [-0.2, 0) is 0 Å². The second kappa shape index (κ2) is 3.21. The lowest BCUT2D eigenvalue weighted by atomic mass is 9.87. The number of hydrogen-bond donors (Lipinski definition) is 0. The standard InChI is InChI=1S/C8H18N/c1-5-6-7(2)8(3,4)9/h7,9H,5-6H2,1-4H3. The fraction of sp³-hybridized carbons (Fsp3) is 1.00. The van der Waals surface area contributed by atoms with Crippen molar-refractivity contribution in [3.05, 3.63) is 0 Å². The van der Waals surface area contributed by atoms with Crippen LogP contribution in [0.3, 0.4) is 0 Å². The SMILES string of the molecule is CCCC(C)C(C)(C)[NH]. The first-order valence-electron chi connectivity index (χ1n) is 3.73. The first-order valence-corrected chi connectivity index (χ1v) is 3.73. The summed E-state index contributed by atoms with van der Waals surface area (Å²) in [5.41, 5.74) is 7.40. The molecule has 1 N–H and O–H groups in total. The molecule has 0 rings (SSSR count). The Kier molecular flexibility index (Phi) is 3.20. The topological polar surface area (TPSA) is 23.8 Å². The molecule has 1 heteroatoms. The van der Waals surface area contributed by atoms with Gasteiger partial charge in [0, 0.05) is 5.54 Å². The Morgan fingerprint density at radius 3 is 2.00 bits per heavy atom. The number of rotatable bonds is 3. The normalized spacial score (nSPS) is 15.7. The average molecular weight is 128 g/mol. The van der Waals surface area contributed by atoms with Crippen molar-refractivity contribution in [1.82, 2.24) is 5.73 Å². The monoisotopic (exact) mass is 128 g/mol. The molecule has 0 aromatic carbocycles. The zero-order valence-electron chi connectivity index (χ0n) is 6.99. The van der Waals surface area contributed by atoms with Crippen LogP contribution >= 0.6 is 0 Å². The smallest absolute Gasteiger partial charge is 0.0293 e. The van der Waals surface area contributed by atoms with Crippen LogP contribution in [0.4, 0.5) is 0 Å². The lowest BCUT2D eigenvalue weighted by molar-refractivity contribution is 0.313. The van der Waals surface area contributed by atoms with E-state index in [0.29, 0.717) is 5.92 Å². The van der Waals surface area contributed by atoms with Gasteiger partial charge in [-0.25, -0.2) is 0 Å². The Hall–Kier alpha value is -0.0400. The highest BCUT2D eigenvalue weighted by atomic mass is 14.7. The van der Waals surface area contributed by atoms with Crippen LogP contribution in [0.25, 0.3) is 0 Å². The Bertz CT molecular complexity index is 71.1. The van der Waals surface area contributed by atoms with Crippen LogP contribution in [0.1, 0.15) is 40.5 Å². The highest BCUT2D eigenvalue weighted by Gasteiger charge is 2.19. The van der Waals surface area contributed by atoms with Gasteiger partial charge in [0.1, 0.15) is 0 Å². The van der Waals surface area contributed by atoms with Gasteiger partial charge in [0.2, 0.25) is 0 Å². The summed E-state index contributed by atoms with van der Waals surface area (Å²) in [5.74, 6) is 0.530. The quantitative estimate of drug-likeness (QED) is 0.557. The molecule has 0 aliphatic carbocycles. The van der Waals surface area contributed by atoms with Gasteiger partial charge >= 0.3 is 0 Å². The summed E-state index contributed by atoms with van der Waals surface area (Å²) < 4.78 is 0. The fourth-order valence-corrected chi connectivity index (χ4v) is 0.794. The van der Waals surface area contributed by atoms with Crippen LogP contribution in [0.15, 0.2) is 0 Å². The van der Waals surface area contributed by atoms with E-state index in [9.17, 15) is 0 Å². The zero-order valence-corrected chi connectivity index (χ0v) is 6.99. The van der Waals surface area contributed by atoms with Crippen LogP contribution in [0.5, 0.6) is 0 Å². The van der Waals surface area contributed by atoms with Gasteiger partial charge in [-0.2, -0.15) is 0 Å². The summed E-state index contributed by atoms with van der Waals surface area (Å²) in [6.45, 7) is 8.28. The van der Waals surface area contributed by atoms with Crippen LogP contribution in [-0.4, -0.2) is 5.54 Å². The predicted octanol–water partition coefficient (Wildman–Crippen LogP) is 2.48. The molecule has 9 heavy (non-hydrogen) atoms. The van der Waals surface area contributed by atoms with E-state index in [2.05, 4.69) is 13.8 Å². The van der Waals surface area contributed by atoms with Crippen molar-refractivity contribution in [2.24, 2.45) is 5.92 Å². The third-order valence-corrected chi connectivity index (χ3v) is 1.95. The van der Waals surface area contributed by atoms with Crippen molar-refractivity contribution < 1.29 is 0 Å². The largest absolute Gasteiger partial charge is 0.251 e. The fourth-order valence-electron chi connectivity index (χ4n) is 0.794. The molecule has 55 valence electrons. The molecule has 0 aromatic heterocycles. The molecule has 1 radical (unpaired) electrons. The summed E-state index contributed by atoms with van der Waals surface area (Å²) in [7, 11) is 0. The van der Waals surface area contributed by atoms with Gasteiger partial charge in [-0.3, -0.25) is 5.73 Å². The Labute approximate surface area is 58.6 Å². The molecule has 0 saturated carbocycles. The van der Waals surface area contributed by atoms with Crippen molar-refractivity contribution in [1.29, 1.82) is 0 Å². The molecule has 0 spiro atoms. The second-order valence-electron chi connectivity index (χ2n) is 3.41. The van der Waals surface area contributed by atoms with Crippen molar-refractivity contribution >= 4 is 0 Å². The molecule has 1 atom stereocenters. The minimum Gasteiger partial charge on any atom is -0.251 e. The average Bonchev–Trinajstić information content (AvgIpc) is 1.64. The molecule has 0 fully saturated rings. The minimum absolute atomic E-state index is 0.240. The van der Waals surface area contributed by atoms with Crippen molar-refractivity contribution in [3.63, 3.8) is 0 Å². The maximum Gasteiger partial charge on any atom is 0.0293 e. The maximum absolute atomic E-state index is 7.64. The third kappa shape index (κ3) is 3.52. The van der Waals surface area contributed by atoms with E-state index in [1.54, 1.807) is 0 Å². The Balaban J connectivity index is 3.59. The molecule has 0 aromatic rings. The molecular formula is C8H18N. The molecule has 0 heterocycles. The molecule has 1 unspecified atom stereocenters. The molecule has 0 bridgehead atoms. The Morgan fingerprint density at radius 2 is 1.89 bits per heavy atom. The summed E-state index contributed by atoms with van der Waals surface area (Å²) in [5, 5.41) is 0. The zero-order chi connectivity index (χ0) is 7.49. The van der Waals surface area contributed by atoms with Gasteiger partial charge in [0.25, 0.3) is 0 Å². The van der Waals surface area contributed by atoms with Gasteiger partial charge in [-0.05, 0) is 26.2 Å². The van der Waals surface area contributed by atoms with E-state index in [4.69, 9.17) is 5.73 Å². The lowest BCUT2D eigenvalue weighted by Gasteiger charge is -2.25. The number of hydrogen-bond acceptors (Lipinski definition) is 0. The molecule has 0 saturated heterocycles. The van der Waals surface area contributed by atoms with Gasteiger partial charge in [0.15, 0.2) is 0 Å². The van der Waals surface area contributed by atoms with Crippen molar-refractivity contribution in [2.45, 2.75) is 46.1 Å². The summed E-state index contributed by atoms with van der Waals surface area (Å²) >= 11 is 0. The predicted molar refractivity (Wildman–Crippen MR) is 41.2 cm³/mol. The highest BCUT2D eigenvalue weighted by molar-refractivity contribution is 4.77. The molecule has 0 aliphatic heterocycles. The second-order valence-corrected chi connectivity index (χ2v) is 3.41. The van der Waals surface area contributed by atoms with Gasteiger partial charge < -0.3 is 0 Å². The number of nitrogens with one attached hydrogen (secondary N) is 1. The van der Waals surface area contributed by atoms with Gasteiger partial charge in [-0.15, -0.1) is 0 Å². The molecule has 0 amide bonds. The summed E-state index contributed by atoms with van der Waals surface area (Å²) in [6, 6.07) is 0. The van der Waals surface area contributed by atoms with Crippen LogP contribution < -0.4 is 5.73 Å². The van der Waals surface area contributed by atoms with Gasteiger partial charge in [0.05, 0.1) is 0 Å². The first-order chi connectivity index (χ1) is 3.98. The third-order valence-electron chi connectivity index (χ3n) is 1.95. The van der Waals surface area contributed by atoms with E-state index in [1.807, 2.05) is 13.8 Å². The lowest BCUT2D eigenvalue weighted by Crippen LogP contribution is -2.30. The Morgan fingerprint density at radius 1 is 1.44 bits per heavy atom. The van der Waals surface area contributed by atoms with Crippen LogP contribution in [0, 0.1) is 5.92 Å². The molecular weight excluding hydrogens is 110 g/mol. The van der Waals surface area contributed by atoms with E-state index in [1.165, 1.54) is 12.8 Å². The molecule has 0 aliphatic rings. The van der Waals surface area contributed by atoms with E-state index < -0.39 is 0 Å². The molecule has 1 nitrogen and oxygen atoms in total. The first kappa shape index (κ1) is 8.96. The summed E-state index contributed by atoms with van der Waals surface area (Å²) in [4.78, 5) is 0. The minimum atomic E-state index is -0.240. The van der Waals surface area contributed by atoms with E-state index >= 15 is 0 Å². The van der Waals surface area contributed by atoms with Crippen molar-refractivity contribution in [3.8, 4) is 0 Å². The summed E-state index contributed by atoms with van der Waals surface area (Å²) in [6.07, 6.45) is 2.37. The van der Waals surface area contributed by atoms with E-state index in [-0.39, 0.29) is 5.54 Å². The van der Waals surface area contributed by atoms with Crippen LogP contribution in [0.2, 0.25) is 0 Å². The van der Waals surface area contributed by atoms with Gasteiger partial charge in [-0.1, -0.05) is 20.3 Å². The van der Waals surface area contributed by atoms with Crippen molar-refractivity contribution in [2.75, 3.05) is 0 Å².